The standard InChI is InChI=1S/C16H12N2O2/c1-20-15-10-17-8-6-13(15)16(19)12-4-5-14-11(9-12)3-2-7-18-14/h2-10H,1H3. The molecule has 0 fully saturated rings. The summed E-state index contributed by atoms with van der Waals surface area (Å²) >= 11 is 0. The highest BCUT2D eigenvalue weighted by molar-refractivity contribution is 6.11. The molecular formula is C16H12N2O2. The lowest BCUT2D eigenvalue weighted by Crippen LogP contribution is -2.04. The van der Waals surface area contributed by atoms with Crippen molar-refractivity contribution < 1.29 is 9.53 Å². The van der Waals surface area contributed by atoms with Crippen LogP contribution >= 0.6 is 0 Å². The maximum absolute atomic E-state index is 12.5. The number of hydrogen-bond donors (Lipinski definition) is 0. The Morgan fingerprint density at radius 2 is 2.05 bits per heavy atom. The first-order valence-corrected chi connectivity index (χ1v) is 6.17. The SMILES string of the molecule is COc1cnccc1C(=O)c1ccc2ncccc2c1. The van der Waals surface area contributed by atoms with Crippen LogP contribution in [-0.4, -0.2) is 22.9 Å². The maximum Gasteiger partial charge on any atom is 0.196 e. The Morgan fingerprint density at radius 3 is 2.90 bits per heavy atom. The minimum absolute atomic E-state index is 0.0880. The molecule has 0 aliphatic heterocycles. The Balaban J connectivity index is 2.08. The van der Waals surface area contributed by atoms with E-state index in [2.05, 4.69) is 9.97 Å². The molecule has 0 N–H and O–H groups in total. The Bertz CT molecular complexity index is 784. The second-order valence-corrected chi connectivity index (χ2v) is 4.32. The van der Waals surface area contributed by atoms with E-state index in [1.165, 1.54) is 13.3 Å². The van der Waals surface area contributed by atoms with E-state index >= 15 is 0 Å². The minimum atomic E-state index is -0.0880. The zero-order chi connectivity index (χ0) is 13.9. The van der Waals surface area contributed by atoms with Crippen molar-refractivity contribution in [3.63, 3.8) is 0 Å². The first kappa shape index (κ1) is 12.3. The van der Waals surface area contributed by atoms with Crippen molar-refractivity contribution in [3.8, 4) is 5.75 Å². The molecule has 2 aromatic heterocycles. The van der Waals surface area contributed by atoms with Crippen molar-refractivity contribution in [1.82, 2.24) is 9.97 Å². The molecule has 3 rings (SSSR count). The van der Waals surface area contributed by atoms with E-state index in [4.69, 9.17) is 4.74 Å². The Morgan fingerprint density at radius 1 is 1.15 bits per heavy atom. The van der Waals surface area contributed by atoms with Gasteiger partial charge in [0.25, 0.3) is 0 Å². The molecule has 0 amide bonds. The average Bonchev–Trinajstić information content (AvgIpc) is 2.53. The Hall–Kier alpha value is -2.75. The van der Waals surface area contributed by atoms with E-state index in [0.29, 0.717) is 16.9 Å². The van der Waals surface area contributed by atoms with E-state index in [-0.39, 0.29) is 5.78 Å². The molecule has 0 saturated heterocycles. The summed E-state index contributed by atoms with van der Waals surface area (Å²) in [5.41, 5.74) is 1.98. The van der Waals surface area contributed by atoms with Crippen LogP contribution in [-0.2, 0) is 0 Å². The summed E-state index contributed by atoms with van der Waals surface area (Å²) in [6.07, 6.45) is 4.85. The zero-order valence-corrected chi connectivity index (χ0v) is 10.9. The van der Waals surface area contributed by atoms with Crippen molar-refractivity contribution in [2.75, 3.05) is 7.11 Å². The Labute approximate surface area is 116 Å². The fourth-order valence-electron chi connectivity index (χ4n) is 2.10. The second kappa shape index (κ2) is 5.09. The lowest BCUT2D eigenvalue weighted by molar-refractivity contribution is 0.103. The van der Waals surface area contributed by atoms with Gasteiger partial charge in [0.15, 0.2) is 5.78 Å². The van der Waals surface area contributed by atoms with E-state index in [1.807, 2.05) is 24.3 Å². The number of benzene rings is 1. The smallest absolute Gasteiger partial charge is 0.196 e. The van der Waals surface area contributed by atoms with Gasteiger partial charge in [0.2, 0.25) is 0 Å². The first-order chi connectivity index (χ1) is 9.79. The summed E-state index contributed by atoms with van der Waals surface area (Å²) < 4.78 is 5.18. The van der Waals surface area contributed by atoms with Gasteiger partial charge in [-0.15, -0.1) is 0 Å². The topological polar surface area (TPSA) is 52.1 Å². The number of ketones is 1. The number of rotatable bonds is 3. The molecule has 0 bridgehead atoms. The van der Waals surface area contributed by atoms with Gasteiger partial charge < -0.3 is 4.74 Å². The van der Waals surface area contributed by atoms with Crippen LogP contribution in [0.15, 0.2) is 55.0 Å². The van der Waals surface area contributed by atoms with Gasteiger partial charge in [-0.2, -0.15) is 0 Å². The summed E-state index contributed by atoms with van der Waals surface area (Å²) in [5, 5.41) is 0.936. The molecule has 4 heteroatoms. The fraction of sp³-hybridized carbons (Fsp3) is 0.0625. The molecule has 0 unspecified atom stereocenters. The Kier molecular flexibility index (Phi) is 3.13. The van der Waals surface area contributed by atoms with Crippen LogP contribution < -0.4 is 4.74 Å². The van der Waals surface area contributed by atoms with Crippen molar-refractivity contribution in [1.29, 1.82) is 0 Å². The number of fused-ring (bicyclic) bond motifs is 1. The minimum Gasteiger partial charge on any atom is -0.494 e. The summed E-state index contributed by atoms with van der Waals surface area (Å²) in [5.74, 6) is 0.388. The van der Waals surface area contributed by atoms with Crippen molar-refractivity contribution in [3.05, 3.63) is 66.1 Å². The van der Waals surface area contributed by atoms with Crippen LogP contribution in [0.4, 0.5) is 0 Å². The lowest BCUT2D eigenvalue weighted by atomic mass is 10.0. The van der Waals surface area contributed by atoms with Gasteiger partial charge in [0, 0.05) is 23.3 Å². The molecule has 0 atom stereocenters. The number of carbonyl (C=O) groups excluding carboxylic acids is 1. The molecule has 0 radical (unpaired) electrons. The molecule has 2 heterocycles. The van der Waals surface area contributed by atoms with Crippen LogP contribution in [0.2, 0.25) is 0 Å². The van der Waals surface area contributed by atoms with Gasteiger partial charge in [-0.25, -0.2) is 0 Å². The number of aromatic nitrogens is 2. The molecular weight excluding hydrogens is 252 g/mol. The summed E-state index contributed by atoms with van der Waals surface area (Å²) in [6, 6.07) is 10.9. The summed E-state index contributed by atoms with van der Waals surface area (Å²) in [4.78, 5) is 20.7. The van der Waals surface area contributed by atoms with Crippen LogP contribution in [0.5, 0.6) is 5.75 Å². The van der Waals surface area contributed by atoms with Gasteiger partial charge >= 0.3 is 0 Å². The molecule has 4 nitrogen and oxygen atoms in total. The normalized spacial score (nSPS) is 10.4. The lowest BCUT2D eigenvalue weighted by Gasteiger charge is -2.07. The highest BCUT2D eigenvalue weighted by atomic mass is 16.5. The third-order valence-electron chi connectivity index (χ3n) is 3.11. The van der Waals surface area contributed by atoms with Crippen LogP contribution in [0, 0.1) is 0 Å². The van der Waals surface area contributed by atoms with E-state index in [0.717, 1.165) is 10.9 Å². The van der Waals surface area contributed by atoms with Crippen LogP contribution in [0.3, 0.4) is 0 Å². The quantitative estimate of drug-likeness (QED) is 0.682. The molecule has 0 saturated carbocycles. The van der Waals surface area contributed by atoms with Gasteiger partial charge in [-0.1, -0.05) is 6.07 Å². The number of pyridine rings is 2. The third-order valence-corrected chi connectivity index (χ3v) is 3.11. The van der Waals surface area contributed by atoms with Gasteiger partial charge in [-0.3, -0.25) is 14.8 Å². The molecule has 0 aliphatic rings. The molecule has 0 aliphatic carbocycles. The van der Waals surface area contributed by atoms with Gasteiger partial charge in [-0.05, 0) is 30.3 Å². The number of ether oxygens (including phenoxy) is 1. The predicted molar refractivity (Wildman–Crippen MR) is 76.0 cm³/mol. The fourth-order valence-corrected chi connectivity index (χ4v) is 2.10. The van der Waals surface area contributed by atoms with E-state index in [9.17, 15) is 4.79 Å². The number of carbonyl (C=O) groups is 1. The van der Waals surface area contributed by atoms with Crippen molar-refractivity contribution in [2.24, 2.45) is 0 Å². The van der Waals surface area contributed by atoms with Gasteiger partial charge in [0.1, 0.15) is 5.75 Å². The second-order valence-electron chi connectivity index (χ2n) is 4.32. The molecule has 3 aromatic rings. The highest BCUT2D eigenvalue weighted by Crippen LogP contribution is 2.22. The maximum atomic E-state index is 12.5. The van der Waals surface area contributed by atoms with E-state index in [1.54, 1.807) is 24.5 Å². The largest absolute Gasteiger partial charge is 0.494 e. The molecule has 1 aromatic carbocycles. The monoisotopic (exact) mass is 264 g/mol. The molecule has 98 valence electrons. The van der Waals surface area contributed by atoms with Crippen molar-refractivity contribution in [2.45, 2.75) is 0 Å². The van der Waals surface area contributed by atoms with Crippen molar-refractivity contribution >= 4 is 16.7 Å². The van der Waals surface area contributed by atoms with E-state index < -0.39 is 0 Å². The average molecular weight is 264 g/mol. The third kappa shape index (κ3) is 2.12. The summed E-state index contributed by atoms with van der Waals surface area (Å²) in [6.45, 7) is 0. The van der Waals surface area contributed by atoms with Gasteiger partial charge in [0.05, 0.1) is 24.4 Å². The number of nitrogens with zero attached hydrogens (tertiary/aromatic N) is 2. The first-order valence-electron chi connectivity index (χ1n) is 6.17. The summed E-state index contributed by atoms with van der Waals surface area (Å²) in [7, 11) is 1.53. The number of methoxy groups -OCH3 is 1. The molecule has 20 heavy (non-hydrogen) atoms. The molecule has 0 spiro atoms. The number of hydrogen-bond acceptors (Lipinski definition) is 4. The zero-order valence-electron chi connectivity index (χ0n) is 10.9. The van der Waals surface area contributed by atoms with Crippen LogP contribution in [0.25, 0.3) is 10.9 Å². The highest BCUT2D eigenvalue weighted by Gasteiger charge is 2.14. The van der Waals surface area contributed by atoms with Crippen LogP contribution in [0.1, 0.15) is 15.9 Å². The predicted octanol–water partition coefficient (Wildman–Crippen LogP) is 2.87.